The molecule has 70 valence electrons. The molecule has 1 spiro atoms. The van der Waals surface area contributed by atoms with Crippen molar-refractivity contribution >= 4 is 0 Å². The highest BCUT2D eigenvalue weighted by molar-refractivity contribution is 4.98. The summed E-state index contributed by atoms with van der Waals surface area (Å²) < 4.78 is 0. The van der Waals surface area contributed by atoms with Gasteiger partial charge in [-0.3, -0.25) is 0 Å². The molecule has 0 aromatic rings. The number of aliphatic hydroxyl groups is 1. The molecule has 1 aliphatic heterocycles. The highest BCUT2D eigenvalue weighted by atomic mass is 16.3. The number of aliphatic hydroxyl groups excluding tert-OH is 1. The van der Waals surface area contributed by atoms with Gasteiger partial charge in [0.2, 0.25) is 0 Å². The predicted octanol–water partition coefficient (Wildman–Crippen LogP) is 1.29. The van der Waals surface area contributed by atoms with Crippen LogP contribution < -0.4 is 5.32 Å². The molecule has 0 aromatic carbocycles. The van der Waals surface area contributed by atoms with E-state index < -0.39 is 0 Å². The molecule has 2 nitrogen and oxygen atoms in total. The van der Waals surface area contributed by atoms with Gasteiger partial charge in [-0.1, -0.05) is 19.8 Å². The molecule has 1 aliphatic carbocycles. The van der Waals surface area contributed by atoms with Crippen LogP contribution in [0.5, 0.6) is 0 Å². The Kier molecular flexibility index (Phi) is 2.13. The van der Waals surface area contributed by atoms with E-state index in [2.05, 4.69) is 12.2 Å². The molecule has 0 bridgehead atoms. The SMILES string of the molecule is CC1CNC2(CCCC2)CC1O. The number of nitrogens with one attached hydrogen (secondary N) is 1. The smallest absolute Gasteiger partial charge is 0.0595 e. The molecule has 1 heterocycles. The van der Waals surface area contributed by atoms with Crippen molar-refractivity contribution in [3.63, 3.8) is 0 Å². The number of piperidine rings is 1. The van der Waals surface area contributed by atoms with E-state index >= 15 is 0 Å². The summed E-state index contributed by atoms with van der Waals surface area (Å²) in [7, 11) is 0. The maximum atomic E-state index is 9.76. The van der Waals surface area contributed by atoms with Crippen LogP contribution in [-0.4, -0.2) is 23.3 Å². The van der Waals surface area contributed by atoms with E-state index in [1.54, 1.807) is 0 Å². The van der Waals surface area contributed by atoms with Gasteiger partial charge in [0.05, 0.1) is 6.10 Å². The van der Waals surface area contributed by atoms with Crippen molar-refractivity contribution in [3.05, 3.63) is 0 Å². The monoisotopic (exact) mass is 169 g/mol. The first-order valence-electron chi connectivity index (χ1n) is 5.15. The summed E-state index contributed by atoms with van der Waals surface area (Å²) in [6, 6.07) is 0. The minimum atomic E-state index is -0.0654. The first kappa shape index (κ1) is 8.52. The zero-order valence-corrected chi connectivity index (χ0v) is 7.84. The fourth-order valence-corrected chi connectivity index (χ4v) is 2.62. The third kappa shape index (κ3) is 1.38. The Hall–Kier alpha value is -0.0800. The molecule has 0 radical (unpaired) electrons. The van der Waals surface area contributed by atoms with E-state index in [1.807, 2.05) is 0 Å². The molecule has 2 aliphatic rings. The Morgan fingerprint density at radius 1 is 1.33 bits per heavy atom. The van der Waals surface area contributed by atoms with Crippen molar-refractivity contribution in [2.24, 2.45) is 5.92 Å². The Balaban J connectivity index is 2.01. The summed E-state index contributed by atoms with van der Waals surface area (Å²) in [6.07, 6.45) is 6.15. The molecule has 0 aromatic heterocycles. The average molecular weight is 169 g/mol. The number of hydrogen-bond donors (Lipinski definition) is 2. The van der Waals surface area contributed by atoms with Crippen molar-refractivity contribution in [2.45, 2.75) is 50.7 Å². The van der Waals surface area contributed by atoms with Crippen LogP contribution in [0, 0.1) is 5.92 Å². The zero-order chi connectivity index (χ0) is 8.60. The maximum absolute atomic E-state index is 9.76. The summed E-state index contributed by atoms with van der Waals surface area (Å²) in [5.74, 6) is 0.441. The lowest BCUT2D eigenvalue weighted by Crippen LogP contribution is -2.54. The second kappa shape index (κ2) is 3.00. The molecule has 12 heavy (non-hydrogen) atoms. The minimum Gasteiger partial charge on any atom is -0.393 e. The number of hydrogen-bond acceptors (Lipinski definition) is 2. The lowest BCUT2D eigenvalue weighted by Gasteiger charge is -2.40. The molecule has 2 atom stereocenters. The van der Waals surface area contributed by atoms with Crippen LogP contribution in [0.4, 0.5) is 0 Å². The Bertz CT molecular complexity index is 163. The van der Waals surface area contributed by atoms with Gasteiger partial charge < -0.3 is 10.4 Å². The fraction of sp³-hybridized carbons (Fsp3) is 1.00. The van der Waals surface area contributed by atoms with Gasteiger partial charge >= 0.3 is 0 Å². The van der Waals surface area contributed by atoms with E-state index in [0.717, 1.165) is 13.0 Å². The summed E-state index contributed by atoms with van der Waals surface area (Å²) in [4.78, 5) is 0. The van der Waals surface area contributed by atoms with Crippen molar-refractivity contribution in [1.29, 1.82) is 0 Å². The molecular weight excluding hydrogens is 150 g/mol. The van der Waals surface area contributed by atoms with Gasteiger partial charge in [0.1, 0.15) is 0 Å². The largest absolute Gasteiger partial charge is 0.393 e. The van der Waals surface area contributed by atoms with Gasteiger partial charge in [-0.05, 0) is 25.2 Å². The highest BCUT2D eigenvalue weighted by Gasteiger charge is 2.40. The molecule has 0 amide bonds. The Morgan fingerprint density at radius 2 is 2.00 bits per heavy atom. The van der Waals surface area contributed by atoms with Crippen molar-refractivity contribution < 1.29 is 5.11 Å². The molecule has 2 rings (SSSR count). The Labute approximate surface area is 74.4 Å². The van der Waals surface area contributed by atoms with E-state index in [0.29, 0.717) is 11.5 Å². The fourth-order valence-electron chi connectivity index (χ4n) is 2.62. The van der Waals surface area contributed by atoms with Crippen LogP contribution in [0.2, 0.25) is 0 Å². The van der Waals surface area contributed by atoms with Crippen LogP contribution in [-0.2, 0) is 0 Å². The molecule has 2 N–H and O–H groups in total. The standard InChI is InChI=1S/C10H19NO/c1-8-7-11-10(6-9(8)12)4-2-3-5-10/h8-9,11-12H,2-7H2,1H3. The third-order valence-corrected chi connectivity index (χ3v) is 3.62. The first-order valence-corrected chi connectivity index (χ1v) is 5.15. The van der Waals surface area contributed by atoms with Crippen LogP contribution in [0.25, 0.3) is 0 Å². The van der Waals surface area contributed by atoms with Crippen LogP contribution in [0.3, 0.4) is 0 Å². The topological polar surface area (TPSA) is 32.3 Å². The normalized spacial score (nSPS) is 40.5. The van der Waals surface area contributed by atoms with Gasteiger partial charge in [-0.15, -0.1) is 0 Å². The van der Waals surface area contributed by atoms with Crippen LogP contribution in [0.15, 0.2) is 0 Å². The summed E-state index contributed by atoms with van der Waals surface area (Å²) in [5.41, 5.74) is 0.325. The van der Waals surface area contributed by atoms with Crippen LogP contribution >= 0.6 is 0 Å². The molecule has 2 fully saturated rings. The van der Waals surface area contributed by atoms with E-state index in [-0.39, 0.29) is 6.10 Å². The predicted molar refractivity (Wildman–Crippen MR) is 49.0 cm³/mol. The van der Waals surface area contributed by atoms with E-state index in [4.69, 9.17) is 0 Å². The van der Waals surface area contributed by atoms with Gasteiger partial charge in [-0.2, -0.15) is 0 Å². The molecule has 1 saturated carbocycles. The van der Waals surface area contributed by atoms with Crippen LogP contribution in [0.1, 0.15) is 39.0 Å². The van der Waals surface area contributed by atoms with Crippen molar-refractivity contribution in [3.8, 4) is 0 Å². The molecule has 1 saturated heterocycles. The molecule has 2 heteroatoms. The van der Waals surface area contributed by atoms with Gasteiger partial charge in [0.25, 0.3) is 0 Å². The van der Waals surface area contributed by atoms with Gasteiger partial charge in [-0.25, -0.2) is 0 Å². The number of rotatable bonds is 0. The second-order valence-corrected chi connectivity index (χ2v) is 4.62. The highest BCUT2D eigenvalue weighted by Crippen LogP contribution is 2.37. The van der Waals surface area contributed by atoms with Crippen molar-refractivity contribution in [1.82, 2.24) is 5.32 Å². The zero-order valence-electron chi connectivity index (χ0n) is 7.84. The summed E-state index contributed by atoms with van der Waals surface area (Å²) >= 11 is 0. The van der Waals surface area contributed by atoms with Crippen molar-refractivity contribution in [2.75, 3.05) is 6.54 Å². The van der Waals surface area contributed by atoms with Gasteiger partial charge in [0.15, 0.2) is 0 Å². The maximum Gasteiger partial charge on any atom is 0.0595 e. The summed E-state index contributed by atoms with van der Waals surface area (Å²) in [5, 5.41) is 13.4. The minimum absolute atomic E-state index is 0.0654. The lowest BCUT2D eigenvalue weighted by molar-refractivity contribution is 0.0372. The second-order valence-electron chi connectivity index (χ2n) is 4.62. The van der Waals surface area contributed by atoms with E-state index in [9.17, 15) is 5.11 Å². The third-order valence-electron chi connectivity index (χ3n) is 3.62. The summed E-state index contributed by atoms with van der Waals surface area (Å²) in [6.45, 7) is 3.13. The molecular formula is C10H19NO. The van der Waals surface area contributed by atoms with E-state index in [1.165, 1.54) is 25.7 Å². The average Bonchev–Trinajstić information content (AvgIpc) is 2.47. The lowest BCUT2D eigenvalue weighted by atomic mass is 9.82. The molecule has 2 unspecified atom stereocenters. The Morgan fingerprint density at radius 3 is 2.58 bits per heavy atom. The quantitative estimate of drug-likeness (QED) is 0.572. The van der Waals surface area contributed by atoms with Gasteiger partial charge in [0, 0.05) is 12.1 Å². The first-order chi connectivity index (χ1) is 5.72.